The highest BCUT2D eigenvalue weighted by molar-refractivity contribution is 5.95. The summed E-state index contributed by atoms with van der Waals surface area (Å²) in [5, 5.41) is 0. The lowest BCUT2D eigenvalue weighted by atomic mass is 9.88. The fourth-order valence-electron chi connectivity index (χ4n) is 2.50. The summed E-state index contributed by atoms with van der Waals surface area (Å²) in [7, 11) is 0. The smallest absolute Gasteiger partial charge is 0.417 e. The van der Waals surface area contributed by atoms with Crippen LogP contribution in [0.3, 0.4) is 0 Å². The highest BCUT2D eigenvalue weighted by Crippen LogP contribution is 2.35. The number of ether oxygens (including phenoxy) is 1. The number of rotatable bonds is 3. The molecule has 0 spiro atoms. The van der Waals surface area contributed by atoms with Crippen LogP contribution in [0.25, 0.3) is 0 Å². The van der Waals surface area contributed by atoms with E-state index in [1.54, 1.807) is 0 Å². The first-order valence-electron chi connectivity index (χ1n) is 6.28. The molecule has 1 aliphatic heterocycles. The van der Waals surface area contributed by atoms with Crippen LogP contribution >= 0.6 is 0 Å². The summed E-state index contributed by atoms with van der Waals surface area (Å²) in [4.78, 5) is 25.4. The van der Waals surface area contributed by atoms with Crippen LogP contribution in [0, 0.1) is 11.8 Å². The number of amides is 2. The minimum absolute atomic E-state index is 0.123. The van der Waals surface area contributed by atoms with Crippen molar-refractivity contribution in [1.82, 2.24) is 4.90 Å². The SMILES string of the molecule is CC[C@@H](C)C(=O)N1C(=O)OC(C)(C)[C@H]1C(C)C. The van der Waals surface area contributed by atoms with Gasteiger partial charge in [-0.05, 0) is 26.2 Å². The first-order valence-corrected chi connectivity index (χ1v) is 6.28. The maximum absolute atomic E-state index is 12.2. The molecule has 0 aromatic heterocycles. The predicted octanol–water partition coefficient (Wildman–Crippen LogP) is 2.81. The molecule has 0 N–H and O–H groups in total. The van der Waals surface area contributed by atoms with Crippen molar-refractivity contribution in [3.63, 3.8) is 0 Å². The Hall–Kier alpha value is -1.06. The number of carbonyl (C=O) groups is 2. The Morgan fingerprint density at radius 3 is 2.35 bits per heavy atom. The summed E-state index contributed by atoms with van der Waals surface area (Å²) in [6.45, 7) is 11.5. The fourth-order valence-corrected chi connectivity index (χ4v) is 2.50. The van der Waals surface area contributed by atoms with Gasteiger partial charge in [0.15, 0.2) is 0 Å². The van der Waals surface area contributed by atoms with E-state index in [1.165, 1.54) is 4.90 Å². The second kappa shape index (κ2) is 4.67. The van der Waals surface area contributed by atoms with Gasteiger partial charge in [-0.3, -0.25) is 4.79 Å². The molecule has 4 nitrogen and oxygen atoms in total. The molecule has 17 heavy (non-hydrogen) atoms. The van der Waals surface area contributed by atoms with Gasteiger partial charge in [-0.15, -0.1) is 0 Å². The van der Waals surface area contributed by atoms with Gasteiger partial charge in [0.2, 0.25) is 5.91 Å². The summed E-state index contributed by atoms with van der Waals surface area (Å²) in [6, 6.07) is -0.184. The van der Waals surface area contributed by atoms with Crippen molar-refractivity contribution in [3.05, 3.63) is 0 Å². The molecule has 0 aromatic rings. The first-order chi connectivity index (χ1) is 7.72. The number of nitrogens with zero attached hydrogens (tertiary/aromatic N) is 1. The second-order valence-electron chi connectivity index (χ2n) is 5.68. The lowest BCUT2D eigenvalue weighted by molar-refractivity contribution is -0.134. The third kappa shape index (κ3) is 2.45. The molecule has 1 aliphatic rings. The van der Waals surface area contributed by atoms with Gasteiger partial charge in [-0.25, -0.2) is 9.69 Å². The Balaban J connectivity index is 3.04. The molecule has 0 bridgehead atoms. The average molecular weight is 241 g/mol. The van der Waals surface area contributed by atoms with E-state index in [1.807, 2.05) is 41.5 Å². The van der Waals surface area contributed by atoms with Crippen LogP contribution in [0.15, 0.2) is 0 Å². The zero-order chi connectivity index (χ0) is 13.4. The van der Waals surface area contributed by atoms with E-state index in [4.69, 9.17) is 4.74 Å². The van der Waals surface area contributed by atoms with Crippen LogP contribution in [0.4, 0.5) is 4.79 Å². The third-order valence-electron chi connectivity index (χ3n) is 3.44. The van der Waals surface area contributed by atoms with E-state index < -0.39 is 11.7 Å². The zero-order valence-electron chi connectivity index (χ0n) is 11.6. The summed E-state index contributed by atoms with van der Waals surface area (Å²) < 4.78 is 5.32. The number of hydrogen-bond acceptors (Lipinski definition) is 3. The second-order valence-corrected chi connectivity index (χ2v) is 5.68. The van der Waals surface area contributed by atoms with E-state index in [-0.39, 0.29) is 23.8 Å². The number of imide groups is 1. The van der Waals surface area contributed by atoms with Crippen LogP contribution in [0.2, 0.25) is 0 Å². The highest BCUT2D eigenvalue weighted by atomic mass is 16.6. The highest BCUT2D eigenvalue weighted by Gasteiger charge is 2.52. The Bertz CT molecular complexity index is 323. The summed E-state index contributed by atoms with van der Waals surface area (Å²) >= 11 is 0. The van der Waals surface area contributed by atoms with Crippen molar-refractivity contribution in [2.75, 3.05) is 0 Å². The molecular formula is C13H23NO3. The van der Waals surface area contributed by atoms with Crippen LogP contribution in [-0.4, -0.2) is 28.5 Å². The molecule has 4 heteroatoms. The van der Waals surface area contributed by atoms with Gasteiger partial charge in [0.05, 0.1) is 6.04 Å². The molecular weight excluding hydrogens is 218 g/mol. The minimum atomic E-state index is -0.603. The van der Waals surface area contributed by atoms with Crippen molar-refractivity contribution < 1.29 is 14.3 Å². The van der Waals surface area contributed by atoms with E-state index in [0.717, 1.165) is 6.42 Å². The van der Waals surface area contributed by atoms with E-state index in [9.17, 15) is 9.59 Å². The maximum Gasteiger partial charge on any atom is 0.417 e. The van der Waals surface area contributed by atoms with E-state index in [0.29, 0.717) is 0 Å². The van der Waals surface area contributed by atoms with Crippen molar-refractivity contribution >= 4 is 12.0 Å². The lowest BCUT2D eigenvalue weighted by Gasteiger charge is -2.31. The molecule has 0 aromatic carbocycles. The summed E-state index contributed by atoms with van der Waals surface area (Å²) in [5.74, 6) is -0.0797. The molecule has 2 amide bonds. The predicted molar refractivity (Wildman–Crippen MR) is 65.5 cm³/mol. The van der Waals surface area contributed by atoms with Crippen LogP contribution in [0.5, 0.6) is 0 Å². The zero-order valence-corrected chi connectivity index (χ0v) is 11.6. The van der Waals surface area contributed by atoms with Gasteiger partial charge in [0.1, 0.15) is 5.60 Å². The largest absolute Gasteiger partial charge is 0.441 e. The summed E-state index contributed by atoms with van der Waals surface area (Å²) in [5.41, 5.74) is -0.603. The van der Waals surface area contributed by atoms with E-state index in [2.05, 4.69) is 0 Å². The number of carbonyl (C=O) groups excluding carboxylic acids is 2. The Morgan fingerprint density at radius 1 is 1.41 bits per heavy atom. The molecule has 2 atom stereocenters. The Morgan fingerprint density at radius 2 is 1.94 bits per heavy atom. The molecule has 0 aliphatic carbocycles. The van der Waals surface area contributed by atoms with Crippen molar-refractivity contribution in [1.29, 1.82) is 0 Å². The van der Waals surface area contributed by atoms with E-state index >= 15 is 0 Å². The fraction of sp³-hybridized carbons (Fsp3) is 0.846. The van der Waals surface area contributed by atoms with Crippen LogP contribution in [0.1, 0.15) is 48.0 Å². The standard InChI is InChI=1S/C13H23NO3/c1-7-9(4)11(15)14-10(8(2)3)13(5,6)17-12(14)16/h8-10H,7H2,1-6H3/t9-,10-/m1/s1. The van der Waals surface area contributed by atoms with Crippen LogP contribution < -0.4 is 0 Å². The Labute approximate surface area is 103 Å². The minimum Gasteiger partial charge on any atom is -0.441 e. The quantitative estimate of drug-likeness (QED) is 0.763. The van der Waals surface area contributed by atoms with Crippen molar-refractivity contribution in [2.45, 2.75) is 59.6 Å². The number of cyclic esters (lactones) is 1. The van der Waals surface area contributed by atoms with Gasteiger partial charge in [-0.2, -0.15) is 0 Å². The van der Waals surface area contributed by atoms with Crippen molar-refractivity contribution in [3.8, 4) is 0 Å². The molecule has 1 rings (SSSR count). The normalized spacial score (nSPS) is 25.0. The number of hydrogen-bond donors (Lipinski definition) is 0. The molecule has 0 radical (unpaired) electrons. The average Bonchev–Trinajstić information content (AvgIpc) is 2.45. The van der Waals surface area contributed by atoms with Gasteiger partial charge in [-0.1, -0.05) is 27.7 Å². The molecule has 1 fully saturated rings. The maximum atomic E-state index is 12.2. The summed E-state index contributed by atoms with van der Waals surface area (Å²) in [6.07, 6.45) is 0.229. The Kier molecular flexibility index (Phi) is 3.84. The monoisotopic (exact) mass is 241 g/mol. The van der Waals surface area contributed by atoms with Gasteiger partial charge in [0.25, 0.3) is 0 Å². The van der Waals surface area contributed by atoms with Gasteiger partial charge < -0.3 is 4.74 Å². The molecule has 0 saturated carbocycles. The lowest BCUT2D eigenvalue weighted by Crippen LogP contribution is -2.49. The molecule has 0 unspecified atom stereocenters. The van der Waals surface area contributed by atoms with Crippen molar-refractivity contribution in [2.24, 2.45) is 11.8 Å². The van der Waals surface area contributed by atoms with Crippen LogP contribution in [-0.2, 0) is 9.53 Å². The van der Waals surface area contributed by atoms with Gasteiger partial charge >= 0.3 is 6.09 Å². The first kappa shape index (κ1) is 14.0. The molecule has 1 heterocycles. The molecule has 98 valence electrons. The third-order valence-corrected chi connectivity index (χ3v) is 3.44. The van der Waals surface area contributed by atoms with Gasteiger partial charge in [0, 0.05) is 5.92 Å². The topological polar surface area (TPSA) is 46.6 Å². The molecule has 1 saturated heterocycles.